The Labute approximate surface area is 199 Å². The monoisotopic (exact) mass is 457 g/mol. The summed E-state index contributed by atoms with van der Waals surface area (Å²) in [6, 6.07) is 21.3. The van der Waals surface area contributed by atoms with E-state index in [1.807, 2.05) is 61.5 Å². The predicted molar refractivity (Wildman–Crippen MR) is 130 cm³/mol. The number of benzene rings is 3. The number of carbonyl (C=O) groups is 2. The van der Waals surface area contributed by atoms with E-state index in [0.717, 1.165) is 16.9 Å². The highest BCUT2D eigenvalue weighted by Crippen LogP contribution is 2.42. The summed E-state index contributed by atoms with van der Waals surface area (Å²) < 4.78 is 10.8. The Morgan fingerprint density at radius 3 is 2.24 bits per heavy atom. The second-order valence-corrected chi connectivity index (χ2v) is 8.20. The van der Waals surface area contributed by atoms with Gasteiger partial charge in [0.05, 0.1) is 25.8 Å². The number of aliphatic hydroxyl groups excluding tert-OH is 1. The quantitative estimate of drug-likeness (QED) is 0.317. The molecule has 1 saturated heterocycles. The van der Waals surface area contributed by atoms with Gasteiger partial charge < -0.3 is 19.5 Å². The van der Waals surface area contributed by atoms with Crippen molar-refractivity contribution in [3.8, 4) is 11.5 Å². The smallest absolute Gasteiger partial charge is 0.295 e. The molecule has 6 heteroatoms. The van der Waals surface area contributed by atoms with Gasteiger partial charge in [0.1, 0.15) is 17.3 Å². The van der Waals surface area contributed by atoms with Gasteiger partial charge in [-0.15, -0.1) is 0 Å². The number of ether oxygens (including phenoxy) is 2. The molecule has 1 aliphatic heterocycles. The third-order valence-corrected chi connectivity index (χ3v) is 6.10. The summed E-state index contributed by atoms with van der Waals surface area (Å²) in [5.41, 5.74) is 3.22. The fourth-order valence-corrected chi connectivity index (χ4v) is 4.23. The molecule has 6 nitrogen and oxygen atoms in total. The minimum atomic E-state index is -0.768. The number of aliphatic hydroxyl groups is 1. The van der Waals surface area contributed by atoms with E-state index in [4.69, 9.17) is 9.47 Å². The molecule has 0 aliphatic carbocycles. The van der Waals surface area contributed by atoms with Gasteiger partial charge >= 0.3 is 0 Å². The molecule has 1 unspecified atom stereocenters. The number of methoxy groups -OCH3 is 2. The Kier molecular flexibility index (Phi) is 6.68. The molecule has 34 heavy (non-hydrogen) atoms. The normalized spacial score (nSPS) is 17.1. The van der Waals surface area contributed by atoms with Gasteiger partial charge in [-0.25, -0.2) is 0 Å². The Morgan fingerprint density at radius 2 is 1.59 bits per heavy atom. The number of hydrogen-bond acceptors (Lipinski definition) is 5. The zero-order valence-corrected chi connectivity index (χ0v) is 19.4. The number of rotatable bonds is 7. The lowest BCUT2D eigenvalue weighted by molar-refractivity contribution is -0.139. The van der Waals surface area contributed by atoms with Crippen LogP contribution in [-0.4, -0.2) is 42.5 Å². The topological polar surface area (TPSA) is 76.1 Å². The first-order valence-corrected chi connectivity index (χ1v) is 11.1. The number of hydrogen-bond donors (Lipinski definition) is 1. The molecule has 0 saturated carbocycles. The number of likely N-dealkylation sites (tertiary alicyclic amines) is 1. The van der Waals surface area contributed by atoms with Crippen molar-refractivity contribution in [2.75, 3.05) is 20.8 Å². The Morgan fingerprint density at radius 1 is 0.912 bits per heavy atom. The van der Waals surface area contributed by atoms with E-state index in [-0.39, 0.29) is 11.3 Å². The molecule has 0 bridgehead atoms. The first kappa shape index (κ1) is 23.1. The van der Waals surface area contributed by atoms with E-state index in [1.165, 1.54) is 4.90 Å². The van der Waals surface area contributed by atoms with Crippen LogP contribution >= 0.6 is 0 Å². The molecular formula is C28H27NO5. The number of amides is 1. The average Bonchev–Trinajstić information content (AvgIpc) is 3.12. The van der Waals surface area contributed by atoms with E-state index in [1.54, 1.807) is 32.4 Å². The van der Waals surface area contributed by atoms with Crippen LogP contribution in [0.3, 0.4) is 0 Å². The minimum absolute atomic E-state index is 0.0630. The molecule has 1 aliphatic rings. The van der Waals surface area contributed by atoms with Crippen LogP contribution in [0.5, 0.6) is 11.5 Å². The molecule has 1 heterocycles. The van der Waals surface area contributed by atoms with Crippen molar-refractivity contribution < 1.29 is 24.2 Å². The number of Topliss-reactive ketones (excluding diaryl/α,β-unsaturated/α-hetero) is 1. The van der Waals surface area contributed by atoms with Gasteiger partial charge in [-0.1, -0.05) is 60.2 Å². The van der Waals surface area contributed by atoms with Crippen molar-refractivity contribution in [3.05, 3.63) is 101 Å². The number of carbonyl (C=O) groups excluding carboxylic acids is 2. The molecule has 174 valence electrons. The maximum atomic E-state index is 13.2. The first-order chi connectivity index (χ1) is 16.4. The van der Waals surface area contributed by atoms with Crippen molar-refractivity contribution in [1.82, 2.24) is 4.90 Å². The van der Waals surface area contributed by atoms with Gasteiger partial charge in [-0.2, -0.15) is 0 Å². The standard InChI is InChI=1S/C28H27NO5/c1-18-8-12-20(13-9-18)26(30)24-25(22-6-4-5-7-23(22)34-3)29(28(32)27(24)31)17-16-19-10-14-21(33-2)15-11-19/h4-15,25,30H,16-17H2,1-3H3/b26-24-. The van der Waals surface area contributed by atoms with E-state index in [9.17, 15) is 14.7 Å². The summed E-state index contributed by atoms with van der Waals surface area (Å²) in [6.07, 6.45) is 0.535. The Hall–Kier alpha value is -4.06. The molecule has 1 atom stereocenters. The average molecular weight is 458 g/mol. The molecule has 1 N–H and O–H groups in total. The highest BCUT2D eigenvalue weighted by atomic mass is 16.5. The highest BCUT2D eigenvalue weighted by Gasteiger charge is 2.46. The molecule has 1 fully saturated rings. The van der Waals surface area contributed by atoms with Crippen LogP contribution < -0.4 is 9.47 Å². The predicted octanol–water partition coefficient (Wildman–Crippen LogP) is 4.68. The van der Waals surface area contributed by atoms with Crippen LogP contribution in [0.25, 0.3) is 5.76 Å². The van der Waals surface area contributed by atoms with Gasteiger partial charge in [0.15, 0.2) is 0 Å². The summed E-state index contributed by atoms with van der Waals surface area (Å²) in [4.78, 5) is 27.9. The largest absolute Gasteiger partial charge is 0.507 e. The molecule has 0 radical (unpaired) electrons. The van der Waals surface area contributed by atoms with Gasteiger partial charge in [-0.3, -0.25) is 9.59 Å². The maximum Gasteiger partial charge on any atom is 0.295 e. The summed E-state index contributed by atoms with van der Waals surface area (Å²) >= 11 is 0. The molecule has 0 spiro atoms. The van der Waals surface area contributed by atoms with Crippen LogP contribution in [0.1, 0.15) is 28.3 Å². The Bertz CT molecular complexity index is 1230. The van der Waals surface area contributed by atoms with Crippen molar-refractivity contribution in [1.29, 1.82) is 0 Å². The first-order valence-electron chi connectivity index (χ1n) is 11.1. The highest BCUT2D eigenvalue weighted by molar-refractivity contribution is 6.46. The zero-order valence-electron chi connectivity index (χ0n) is 19.4. The van der Waals surface area contributed by atoms with E-state index < -0.39 is 17.7 Å². The molecule has 1 amide bonds. The van der Waals surface area contributed by atoms with Crippen molar-refractivity contribution in [3.63, 3.8) is 0 Å². The van der Waals surface area contributed by atoms with Gasteiger partial charge in [-0.05, 0) is 37.1 Å². The number of ketones is 1. The summed E-state index contributed by atoms with van der Waals surface area (Å²) in [6.45, 7) is 2.24. The van der Waals surface area contributed by atoms with E-state index >= 15 is 0 Å². The SMILES string of the molecule is COc1ccc(CCN2C(=O)C(=O)/C(=C(\O)c3ccc(C)cc3)C2c2ccccc2OC)cc1. The number of nitrogens with zero attached hydrogens (tertiary/aromatic N) is 1. The number of para-hydroxylation sites is 1. The van der Waals surface area contributed by atoms with Crippen molar-refractivity contribution in [2.45, 2.75) is 19.4 Å². The van der Waals surface area contributed by atoms with Gasteiger partial charge in [0.2, 0.25) is 0 Å². The maximum absolute atomic E-state index is 13.2. The van der Waals surface area contributed by atoms with Crippen molar-refractivity contribution in [2.24, 2.45) is 0 Å². The van der Waals surface area contributed by atoms with Crippen LogP contribution in [-0.2, 0) is 16.0 Å². The number of aryl methyl sites for hydroxylation is 1. The van der Waals surface area contributed by atoms with Crippen molar-refractivity contribution >= 4 is 17.4 Å². The van der Waals surface area contributed by atoms with Gasteiger partial charge in [0.25, 0.3) is 11.7 Å². The lowest BCUT2D eigenvalue weighted by atomic mass is 9.94. The lowest BCUT2D eigenvalue weighted by Gasteiger charge is -2.26. The summed E-state index contributed by atoms with van der Waals surface area (Å²) in [7, 11) is 3.15. The van der Waals surface area contributed by atoms with Crippen LogP contribution in [0, 0.1) is 6.92 Å². The third-order valence-electron chi connectivity index (χ3n) is 6.10. The third kappa shape index (κ3) is 4.39. The van der Waals surface area contributed by atoms with Crippen LogP contribution in [0.15, 0.2) is 78.4 Å². The molecule has 0 aromatic heterocycles. The molecular weight excluding hydrogens is 430 g/mol. The van der Waals surface area contributed by atoms with Crippen LogP contribution in [0.2, 0.25) is 0 Å². The fourth-order valence-electron chi connectivity index (χ4n) is 4.23. The minimum Gasteiger partial charge on any atom is -0.507 e. The van der Waals surface area contributed by atoms with E-state index in [2.05, 4.69) is 0 Å². The molecule has 3 aromatic rings. The second kappa shape index (κ2) is 9.83. The van der Waals surface area contributed by atoms with Crippen LogP contribution in [0.4, 0.5) is 0 Å². The second-order valence-electron chi connectivity index (χ2n) is 8.20. The Balaban J connectivity index is 1.77. The summed E-state index contributed by atoms with van der Waals surface area (Å²) in [5, 5.41) is 11.2. The zero-order chi connectivity index (χ0) is 24.2. The summed E-state index contributed by atoms with van der Waals surface area (Å²) in [5.74, 6) is -0.252. The molecule has 3 aromatic carbocycles. The van der Waals surface area contributed by atoms with E-state index in [0.29, 0.717) is 29.8 Å². The van der Waals surface area contributed by atoms with Gasteiger partial charge in [0, 0.05) is 17.7 Å². The lowest BCUT2D eigenvalue weighted by Crippen LogP contribution is -2.31. The molecule has 4 rings (SSSR count). The fraction of sp³-hybridized carbons (Fsp3) is 0.214.